The van der Waals surface area contributed by atoms with Crippen molar-refractivity contribution in [1.29, 1.82) is 0 Å². The molecule has 1 aromatic rings. The van der Waals surface area contributed by atoms with Gasteiger partial charge >= 0.3 is 0 Å². The van der Waals surface area contributed by atoms with Crippen LogP contribution >= 0.6 is 0 Å². The molecule has 13 heavy (non-hydrogen) atoms. The first-order chi connectivity index (χ1) is 6.36. The lowest BCUT2D eigenvalue weighted by atomic mass is 10.3. The zero-order chi connectivity index (χ0) is 9.52. The molecular weight excluding hydrogens is 164 g/mol. The van der Waals surface area contributed by atoms with Crippen molar-refractivity contribution < 1.29 is 0 Å². The SMILES string of the molecule is CN=C(NC)NCc1cccnc1. The number of aliphatic imine (C=N–C) groups is 1. The van der Waals surface area contributed by atoms with Crippen molar-refractivity contribution >= 4 is 5.96 Å². The Kier molecular flexibility index (Phi) is 3.75. The van der Waals surface area contributed by atoms with Crippen molar-refractivity contribution in [3.8, 4) is 0 Å². The first-order valence-corrected chi connectivity index (χ1v) is 4.14. The maximum absolute atomic E-state index is 4.01. The molecule has 2 N–H and O–H groups in total. The molecule has 0 radical (unpaired) electrons. The fourth-order valence-corrected chi connectivity index (χ4v) is 0.968. The third-order valence-corrected chi connectivity index (χ3v) is 1.64. The Balaban J connectivity index is 2.43. The fraction of sp³-hybridized carbons (Fsp3) is 0.333. The van der Waals surface area contributed by atoms with Gasteiger partial charge in [-0.15, -0.1) is 0 Å². The van der Waals surface area contributed by atoms with E-state index < -0.39 is 0 Å². The molecule has 0 aromatic carbocycles. The molecule has 0 atom stereocenters. The van der Waals surface area contributed by atoms with Crippen molar-refractivity contribution in [2.24, 2.45) is 4.99 Å². The van der Waals surface area contributed by atoms with Crippen LogP contribution in [0, 0.1) is 0 Å². The zero-order valence-electron chi connectivity index (χ0n) is 7.91. The first-order valence-electron chi connectivity index (χ1n) is 4.14. The number of aromatic nitrogens is 1. The molecule has 1 heterocycles. The van der Waals surface area contributed by atoms with Gasteiger partial charge in [-0.25, -0.2) is 0 Å². The van der Waals surface area contributed by atoms with E-state index >= 15 is 0 Å². The largest absolute Gasteiger partial charge is 0.359 e. The molecule has 1 aromatic heterocycles. The molecule has 4 heteroatoms. The molecule has 70 valence electrons. The Morgan fingerprint density at radius 1 is 1.62 bits per heavy atom. The van der Waals surface area contributed by atoms with Crippen LogP contribution in [0.15, 0.2) is 29.5 Å². The van der Waals surface area contributed by atoms with E-state index in [4.69, 9.17) is 0 Å². The molecule has 0 amide bonds. The van der Waals surface area contributed by atoms with E-state index in [0.29, 0.717) is 0 Å². The molecule has 0 aliphatic rings. The standard InChI is InChI=1S/C9H14N4/c1-10-9(11-2)13-7-8-4-3-5-12-6-8/h3-6H,7H2,1-2H3,(H2,10,11,13). The quantitative estimate of drug-likeness (QED) is 0.508. The van der Waals surface area contributed by atoms with Crippen LogP contribution in [-0.2, 0) is 6.54 Å². The number of guanidine groups is 1. The molecule has 0 aliphatic carbocycles. The van der Waals surface area contributed by atoms with Crippen LogP contribution in [0.4, 0.5) is 0 Å². The predicted molar refractivity (Wildman–Crippen MR) is 53.5 cm³/mol. The summed E-state index contributed by atoms with van der Waals surface area (Å²) in [5.41, 5.74) is 1.14. The molecule has 0 aliphatic heterocycles. The van der Waals surface area contributed by atoms with Crippen LogP contribution in [-0.4, -0.2) is 25.0 Å². The summed E-state index contributed by atoms with van der Waals surface area (Å²) in [4.78, 5) is 8.01. The smallest absolute Gasteiger partial charge is 0.190 e. The Morgan fingerprint density at radius 2 is 2.46 bits per heavy atom. The molecule has 4 nitrogen and oxygen atoms in total. The normalized spacial score (nSPS) is 11.1. The highest BCUT2D eigenvalue weighted by molar-refractivity contribution is 5.79. The van der Waals surface area contributed by atoms with Gasteiger partial charge in [-0.1, -0.05) is 6.07 Å². The maximum atomic E-state index is 4.01. The van der Waals surface area contributed by atoms with Gasteiger partial charge < -0.3 is 10.6 Å². The Hall–Kier alpha value is -1.58. The molecule has 1 rings (SSSR count). The number of nitrogens with zero attached hydrogens (tertiary/aromatic N) is 2. The van der Waals surface area contributed by atoms with Crippen LogP contribution in [0.3, 0.4) is 0 Å². The van der Waals surface area contributed by atoms with Crippen LogP contribution in [0.1, 0.15) is 5.56 Å². The summed E-state index contributed by atoms with van der Waals surface area (Å²) < 4.78 is 0. The van der Waals surface area contributed by atoms with Gasteiger partial charge in [0.2, 0.25) is 0 Å². The number of nitrogens with one attached hydrogen (secondary N) is 2. The second-order valence-corrected chi connectivity index (χ2v) is 2.54. The summed E-state index contributed by atoms with van der Waals surface area (Å²) in [5, 5.41) is 6.07. The lowest BCUT2D eigenvalue weighted by molar-refractivity contribution is 0.861. The minimum Gasteiger partial charge on any atom is -0.359 e. The number of pyridine rings is 1. The lowest BCUT2D eigenvalue weighted by Crippen LogP contribution is -2.34. The van der Waals surface area contributed by atoms with Crippen molar-refractivity contribution in [1.82, 2.24) is 15.6 Å². The summed E-state index contributed by atoms with van der Waals surface area (Å²) in [5.74, 6) is 0.781. The van der Waals surface area contributed by atoms with E-state index in [0.717, 1.165) is 18.1 Å². The van der Waals surface area contributed by atoms with Crippen molar-refractivity contribution in [2.75, 3.05) is 14.1 Å². The summed E-state index contributed by atoms with van der Waals surface area (Å²) in [6, 6.07) is 3.93. The van der Waals surface area contributed by atoms with Gasteiger partial charge in [0.15, 0.2) is 5.96 Å². The predicted octanol–water partition coefficient (Wildman–Crippen LogP) is 0.376. The minimum atomic E-state index is 0.737. The molecule has 0 fully saturated rings. The van der Waals surface area contributed by atoms with Gasteiger partial charge in [0, 0.05) is 33.0 Å². The summed E-state index contributed by atoms with van der Waals surface area (Å²) in [7, 11) is 3.57. The topological polar surface area (TPSA) is 49.3 Å². The highest BCUT2D eigenvalue weighted by Crippen LogP contribution is 1.93. The lowest BCUT2D eigenvalue weighted by Gasteiger charge is -2.07. The second-order valence-electron chi connectivity index (χ2n) is 2.54. The monoisotopic (exact) mass is 178 g/mol. The Bertz CT molecular complexity index is 268. The highest BCUT2D eigenvalue weighted by Gasteiger charge is 1.93. The highest BCUT2D eigenvalue weighted by atomic mass is 15.1. The average Bonchev–Trinajstić information content (AvgIpc) is 2.21. The van der Waals surface area contributed by atoms with E-state index in [1.54, 1.807) is 13.2 Å². The molecule has 0 saturated carbocycles. The van der Waals surface area contributed by atoms with Gasteiger partial charge in [-0.3, -0.25) is 9.98 Å². The molecule has 0 saturated heterocycles. The molecular formula is C9H14N4. The van der Waals surface area contributed by atoms with E-state index in [-0.39, 0.29) is 0 Å². The van der Waals surface area contributed by atoms with E-state index in [1.807, 2.05) is 25.4 Å². The van der Waals surface area contributed by atoms with E-state index in [9.17, 15) is 0 Å². The van der Waals surface area contributed by atoms with Crippen molar-refractivity contribution in [2.45, 2.75) is 6.54 Å². The number of hydrogen-bond donors (Lipinski definition) is 2. The van der Waals surface area contributed by atoms with Gasteiger partial charge in [0.25, 0.3) is 0 Å². The molecule has 0 unspecified atom stereocenters. The third kappa shape index (κ3) is 3.11. The van der Waals surface area contributed by atoms with Crippen LogP contribution in [0.25, 0.3) is 0 Å². The van der Waals surface area contributed by atoms with Gasteiger partial charge in [0.05, 0.1) is 0 Å². The van der Waals surface area contributed by atoms with Gasteiger partial charge in [-0.2, -0.15) is 0 Å². The Labute approximate surface area is 78.1 Å². The Morgan fingerprint density at radius 3 is 3.00 bits per heavy atom. The fourth-order valence-electron chi connectivity index (χ4n) is 0.968. The minimum absolute atomic E-state index is 0.737. The van der Waals surface area contributed by atoms with Gasteiger partial charge in [0.1, 0.15) is 0 Å². The number of rotatable bonds is 2. The van der Waals surface area contributed by atoms with Crippen molar-refractivity contribution in [3.63, 3.8) is 0 Å². The maximum Gasteiger partial charge on any atom is 0.190 e. The zero-order valence-corrected chi connectivity index (χ0v) is 7.91. The molecule has 0 bridgehead atoms. The first kappa shape index (κ1) is 9.51. The van der Waals surface area contributed by atoms with Gasteiger partial charge in [-0.05, 0) is 11.6 Å². The summed E-state index contributed by atoms with van der Waals surface area (Å²) in [6.45, 7) is 0.737. The third-order valence-electron chi connectivity index (χ3n) is 1.64. The van der Waals surface area contributed by atoms with Crippen molar-refractivity contribution in [3.05, 3.63) is 30.1 Å². The van der Waals surface area contributed by atoms with Crippen LogP contribution in [0.5, 0.6) is 0 Å². The molecule has 0 spiro atoms. The second kappa shape index (κ2) is 5.13. The summed E-state index contributed by atoms with van der Waals surface area (Å²) in [6.07, 6.45) is 3.59. The van der Waals surface area contributed by atoms with Crippen LogP contribution < -0.4 is 10.6 Å². The van der Waals surface area contributed by atoms with E-state index in [1.165, 1.54) is 0 Å². The summed E-state index contributed by atoms with van der Waals surface area (Å²) >= 11 is 0. The average molecular weight is 178 g/mol. The number of hydrogen-bond acceptors (Lipinski definition) is 2. The van der Waals surface area contributed by atoms with E-state index in [2.05, 4.69) is 20.6 Å². The van der Waals surface area contributed by atoms with Crippen LogP contribution in [0.2, 0.25) is 0 Å².